The van der Waals surface area contributed by atoms with E-state index in [0.29, 0.717) is 5.92 Å². The molecule has 0 bridgehead atoms. The molecule has 98 valence electrons. The molecule has 0 aromatic rings. The normalized spacial score (nSPS) is 20.2. The van der Waals surface area contributed by atoms with E-state index >= 15 is 0 Å². The third-order valence-electron chi connectivity index (χ3n) is 2.56. The molecule has 0 aromatic carbocycles. The molecule has 5 nitrogen and oxygen atoms in total. The van der Waals surface area contributed by atoms with Crippen molar-refractivity contribution < 1.29 is 14.3 Å². The van der Waals surface area contributed by atoms with E-state index in [4.69, 9.17) is 4.74 Å². The lowest BCUT2D eigenvalue weighted by Crippen LogP contribution is -2.41. The van der Waals surface area contributed by atoms with Crippen LogP contribution in [-0.2, 0) is 9.53 Å². The first kappa shape index (κ1) is 13.8. The van der Waals surface area contributed by atoms with Crippen molar-refractivity contribution in [2.24, 2.45) is 5.92 Å². The molecule has 1 heterocycles. The molecule has 17 heavy (non-hydrogen) atoms. The van der Waals surface area contributed by atoms with E-state index in [0.717, 1.165) is 19.5 Å². The van der Waals surface area contributed by atoms with Crippen molar-refractivity contribution in [1.29, 1.82) is 0 Å². The third-order valence-corrected chi connectivity index (χ3v) is 2.56. The number of nitrogens with one attached hydrogen (secondary N) is 1. The van der Waals surface area contributed by atoms with Crippen LogP contribution in [0.25, 0.3) is 0 Å². The van der Waals surface area contributed by atoms with Gasteiger partial charge in [-0.05, 0) is 33.1 Å². The average Bonchev–Trinajstić information content (AvgIpc) is 2.58. The summed E-state index contributed by atoms with van der Waals surface area (Å²) in [6.45, 7) is 9.07. The highest BCUT2D eigenvalue weighted by Crippen LogP contribution is 2.14. The maximum atomic E-state index is 11.7. The fourth-order valence-corrected chi connectivity index (χ4v) is 1.74. The van der Waals surface area contributed by atoms with Crippen LogP contribution in [-0.4, -0.2) is 42.1 Å². The Bertz CT molecular complexity index is 297. The van der Waals surface area contributed by atoms with Crippen molar-refractivity contribution >= 4 is 12.0 Å². The van der Waals surface area contributed by atoms with Gasteiger partial charge < -0.3 is 15.0 Å². The summed E-state index contributed by atoms with van der Waals surface area (Å²) >= 11 is 0. The second-order valence-corrected chi connectivity index (χ2v) is 5.59. The molecular formula is C12H22N2O3. The Morgan fingerprint density at radius 1 is 1.41 bits per heavy atom. The highest BCUT2D eigenvalue weighted by molar-refractivity contribution is 5.82. The van der Waals surface area contributed by atoms with Crippen LogP contribution in [0.5, 0.6) is 0 Å². The Morgan fingerprint density at radius 2 is 2.06 bits per heavy atom. The van der Waals surface area contributed by atoms with Crippen molar-refractivity contribution in [3.8, 4) is 0 Å². The Labute approximate surface area is 102 Å². The quantitative estimate of drug-likeness (QED) is 0.796. The predicted molar refractivity (Wildman–Crippen MR) is 64.6 cm³/mol. The molecule has 1 unspecified atom stereocenters. The fraction of sp³-hybridized carbons (Fsp3) is 0.833. The molecule has 1 atom stereocenters. The summed E-state index contributed by atoms with van der Waals surface area (Å²) in [6.07, 6.45) is 0.496. The van der Waals surface area contributed by atoms with Crippen molar-refractivity contribution in [2.75, 3.05) is 19.6 Å². The van der Waals surface area contributed by atoms with Crippen molar-refractivity contribution in [3.63, 3.8) is 0 Å². The molecule has 1 rings (SSSR count). The summed E-state index contributed by atoms with van der Waals surface area (Å²) < 4.78 is 5.05. The zero-order chi connectivity index (χ0) is 13.1. The SMILES string of the molecule is CC1CCN(C(=O)CNC(=O)OC(C)(C)C)C1. The Kier molecular flexibility index (Phi) is 4.37. The standard InChI is InChI=1S/C12H22N2O3/c1-9-5-6-14(8-9)10(15)7-13-11(16)17-12(2,3)4/h9H,5-8H2,1-4H3,(H,13,16). The number of hydrogen-bond donors (Lipinski definition) is 1. The number of hydrogen-bond acceptors (Lipinski definition) is 3. The molecule has 0 spiro atoms. The first-order valence-corrected chi connectivity index (χ1v) is 6.02. The minimum absolute atomic E-state index is 0.0155. The van der Waals surface area contributed by atoms with Crippen LogP contribution in [0.2, 0.25) is 0 Å². The smallest absolute Gasteiger partial charge is 0.408 e. The third kappa shape index (κ3) is 5.06. The van der Waals surface area contributed by atoms with E-state index in [1.54, 1.807) is 25.7 Å². The van der Waals surface area contributed by atoms with Crippen LogP contribution in [0.4, 0.5) is 4.79 Å². The molecule has 5 heteroatoms. The largest absolute Gasteiger partial charge is 0.444 e. The zero-order valence-corrected chi connectivity index (χ0v) is 11.1. The number of amides is 2. The van der Waals surface area contributed by atoms with E-state index < -0.39 is 11.7 Å². The number of ether oxygens (including phenoxy) is 1. The van der Waals surface area contributed by atoms with Crippen LogP contribution >= 0.6 is 0 Å². The lowest BCUT2D eigenvalue weighted by molar-refractivity contribution is -0.129. The maximum Gasteiger partial charge on any atom is 0.408 e. The van der Waals surface area contributed by atoms with Crippen molar-refractivity contribution in [1.82, 2.24) is 10.2 Å². The first-order chi connectivity index (χ1) is 7.78. The van der Waals surface area contributed by atoms with E-state index in [1.807, 2.05) is 0 Å². The van der Waals surface area contributed by atoms with Crippen molar-refractivity contribution in [3.05, 3.63) is 0 Å². The van der Waals surface area contributed by atoms with E-state index in [-0.39, 0.29) is 12.5 Å². The van der Waals surface area contributed by atoms with Gasteiger partial charge in [0.15, 0.2) is 0 Å². The van der Waals surface area contributed by atoms with Gasteiger partial charge >= 0.3 is 6.09 Å². The first-order valence-electron chi connectivity index (χ1n) is 6.02. The van der Waals surface area contributed by atoms with E-state index in [1.165, 1.54) is 0 Å². The topological polar surface area (TPSA) is 58.6 Å². The van der Waals surface area contributed by atoms with Gasteiger partial charge in [-0.15, -0.1) is 0 Å². The lowest BCUT2D eigenvalue weighted by atomic mass is 10.2. The van der Waals surface area contributed by atoms with Crippen LogP contribution < -0.4 is 5.32 Å². The summed E-state index contributed by atoms with van der Waals surface area (Å²) in [5, 5.41) is 2.48. The Hall–Kier alpha value is -1.26. The molecule has 1 N–H and O–H groups in total. The molecule has 1 aliphatic rings. The zero-order valence-electron chi connectivity index (χ0n) is 11.1. The van der Waals surface area contributed by atoms with Gasteiger partial charge in [0.05, 0.1) is 0 Å². The van der Waals surface area contributed by atoms with Crippen LogP contribution in [0.3, 0.4) is 0 Å². The molecule has 1 aliphatic heterocycles. The van der Waals surface area contributed by atoms with Gasteiger partial charge in [0.2, 0.25) is 5.91 Å². The average molecular weight is 242 g/mol. The van der Waals surface area contributed by atoms with Gasteiger partial charge in [-0.25, -0.2) is 4.79 Å². The molecule has 0 aliphatic carbocycles. The molecule has 0 radical (unpaired) electrons. The van der Waals surface area contributed by atoms with Gasteiger partial charge in [-0.3, -0.25) is 4.79 Å². The van der Waals surface area contributed by atoms with Gasteiger partial charge in [-0.1, -0.05) is 6.92 Å². The predicted octanol–water partition coefficient (Wildman–Crippen LogP) is 1.38. The van der Waals surface area contributed by atoms with Gasteiger partial charge in [-0.2, -0.15) is 0 Å². The monoisotopic (exact) mass is 242 g/mol. The minimum atomic E-state index is -0.543. The lowest BCUT2D eigenvalue weighted by Gasteiger charge is -2.20. The van der Waals surface area contributed by atoms with Gasteiger partial charge in [0, 0.05) is 13.1 Å². The minimum Gasteiger partial charge on any atom is -0.444 e. The molecule has 0 saturated carbocycles. The van der Waals surface area contributed by atoms with Crippen LogP contribution in [0.15, 0.2) is 0 Å². The highest BCUT2D eigenvalue weighted by Gasteiger charge is 2.24. The van der Waals surface area contributed by atoms with Crippen LogP contribution in [0.1, 0.15) is 34.1 Å². The van der Waals surface area contributed by atoms with E-state index in [9.17, 15) is 9.59 Å². The highest BCUT2D eigenvalue weighted by atomic mass is 16.6. The fourth-order valence-electron chi connectivity index (χ4n) is 1.74. The number of carbonyl (C=O) groups excluding carboxylic acids is 2. The van der Waals surface area contributed by atoms with Crippen LogP contribution in [0, 0.1) is 5.92 Å². The summed E-state index contributed by atoms with van der Waals surface area (Å²) in [7, 11) is 0. The number of carbonyl (C=O) groups is 2. The second kappa shape index (κ2) is 5.38. The number of alkyl carbamates (subject to hydrolysis) is 1. The maximum absolute atomic E-state index is 11.7. The summed E-state index contributed by atoms with van der Waals surface area (Å²) in [4.78, 5) is 24.8. The van der Waals surface area contributed by atoms with Crippen molar-refractivity contribution in [2.45, 2.75) is 39.7 Å². The van der Waals surface area contributed by atoms with E-state index in [2.05, 4.69) is 12.2 Å². The van der Waals surface area contributed by atoms with Gasteiger partial charge in [0.1, 0.15) is 12.1 Å². The molecular weight excluding hydrogens is 220 g/mol. The summed E-state index contributed by atoms with van der Waals surface area (Å²) in [6, 6.07) is 0. The molecule has 1 saturated heterocycles. The summed E-state index contributed by atoms with van der Waals surface area (Å²) in [5.41, 5.74) is -0.532. The number of likely N-dealkylation sites (tertiary alicyclic amines) is 1. The number of nitrogens with zero attached hydrogens (tertiary/aromatic N) is 1. The Balaban J connectivity index is 2.26. The molecule has 2 amide bonds. The molecule has 0 aromatic heterocycles. The van der Waals surface area contributed by atoms with Gasteiger partial charge in [0.25, 0.3) is 0 Å². The Morgan fingerprint density at radius 3 is 2.53 bits per heavy atom. The molecule has 1 fully saturated rings. The number of rotatable bonds is 2. The second-order valence-electron chi connectivity index (χ2n) is 5.59. The summed E-state index contributed by atoms with van der Waals surface area (Å²) in [5.74, 6) is 0.515.